The molecule has 2 aliphatic rings. The summed E-state index contributed by atoms with van der Waals surface area (Å²) in [6, 6.07) is 0. The SMILES string of the molecule is O=S(=O)(OC(C1CCCC12OCCO2)C(F)(F)F)c1c(F)c(F)c(F)c(F)c1F. The van der Waals surface area contributed by atoms with Crippen molar-refractivity contribution in [3.8, 4) is 0 Å². The van der Waals surface area contributed by atoms with Crippen LogP contribution in [0.25, 0.3) is 0 Å². The Morgan fingerprint density at radius 3 is 1.90 bits per heavy atom. The number of halogens is 8. The van der Waals surface area contributed by atoms with Gasteiger partial charge in [0.1, 0.15) is 0 Å². The van der Waals surface area contributed by atoms with E-state index in [1.807, 2.05) is 0 Å². The van der Waals surface area contributed by atoms with Crippen molar-refractivity contribution in [1.82, 2.24) is 0 Å². The molecule has 0 radical (unpaired) electrons. The first kappa shape index (κ1) is 22.2. The lowest BCUT2D eigenvalue weighted by Gasteiger charge is -2.35. The van der Waals surface area contributed by atoms with E-state index in [4.69, 9.17) is 9.47 Å². The molecule has 2 fully saturated rings. The number of ether oxygens (including phenoxy) is 2. The molecule has 0 aromatic heterocycles. The molecule has 164 valence electrons. The Hall–Kier alpha value is -1.51. The van der Waals surface area contributed by atoms with Crippen molar-refractivity contribution in [2.75, 3.05) is 13.2 Å². The fourth-order valence-electron chi connectivity index (χ4n) is 3.52. The fourth-order valence-corrected chi connectivity index (χ4v) is 4.75. The Labute approximate surface area is 158 Å². The van der Waals surface area contributed by atoms with E-state index in [9.17, 15) is 43.5 Å². The predicted molar refractivity (Wildman–Crippen MR) is 76.3 cm³/mol. The molecule has 1 heterocycles. The molecule has 1 aromatic carbocycles. The van der Waals surface area contributed by atoms with Crippen molar-refractivity contribution in [2.45, 2.75) is 42.2 Å². The van der Waals surface area contributed by atoms with E-state index >= 15 is 0 Å². The van der Waals surface area contributed by atoms with E-state index < -0.39 is 68.1 Å². The first-order valence-electron chi connectivity index (χ1n) is 8.11. The molecular weight excluding hydrogens is 444 g/mol. The summed E-state index contributed by atoms with van der Waals surface area (Å²) in [6.07, 6.45) is -8.78. The van der Waals surface area contributed by atoms with Gasteiger partial charge in [-0.3, -0.25) is 4.18 Å². The maximum absolute atomic E-state index is 13.8. The number of alkyl halides is 3. The van der Waals surface area contributed by atoms with Gasteiger partial charge in [-0.1, -0.05) is 0 Å². The molecule has 3 rings (SSSR count). The van der Waals surface area contributed by atoms with Gasteiger partial charge < -0.3 is 9.47 Å². The zero-order valence-corrected chi connectivity index (χ0v) is 15.0. The maximum Gasteiger partial charge on any atom is 0.416 e. The molecule has 1 spiro atoms. The molecular formula is C15H12F8O5S. The Balaban J connectivity index is 2.06. The summed E-state index contributed by atoms with van der Waals surface area (Å²) in [5, 5.41) is 0. The molecule has 0 bridgehead atoms. The Morgan fingerprint density at radius 1 is 0.931 bits per heavy atom. The zero-order chi connectivity index (χ0) is 21.8. The van der Waals surface area contributed by atoms with E-state index in [-0.39, 0.29) is 32.5 Å². The van der Waals surface area contributed by atoms with Gasteiger partial charge in [-0.15, -0.1) is 0 Å². The summed E-state index contributed by atoms with van der Waals surface area (Å²) in [6.45, 7) is -0.156. The third-order valence-corrected chi connectivity index (χ3v) is 6.04. The normalized spacial score (nSPS) is 23.1. The minimum Gasteiger partial charge on any atom is -0.347 e. The van der Waals surface area contributed by atoms with Crippen molar-refractivity contribution >= 4 is 10.1 Å². The van der Waals surface area contributed by atoms with Gasteiger partial charge in [-0.05, 0) is 12.8 Å². The van der Waals surface area contributed by atoms with Gasteiger partial charge in [0.2, 0.25) is 5.82 Å². The molecule has 1 aliphatic carbocycles. The third kappa shape index (κ3) is 3.70. The predicted octanol–water partition coefficient (Wildman–Crippen LogP) is 3.56. The fraction of sp³-hybridized carbons (Fsp3) is 0.600. The van der Waals surface area contributed by atoms with E-state index in [0.29, 0.717) is 0 Å². The molecule has 1 aliphatic heterocycles. The van der Waals surface area contributed by atoms with Crippen molar-refractivity contribution < 1.29 is 57.2 Å². The topological polar surface area (TPSA) is 61.8 Å². The molecule has 2 unspecified atom stereocenters. The van der Waals surface area contributed by atoms with Crippen molar-refractivity contribution in [3.05, 3.63) is 29.1 Å². The highest BCUT2D eigenvalue weighted by Crippen LogP contribution is 2.49. The van der Waals surface area contributed by atoms with Gasteiger partial charge in [0.25, 0.3) is 0 Å². The van der Waals surface area contributed by atoms with Crippen molar-refractivity contribution in [2.24, 2.45) is 5.92 Å². The standard InChI is InChI=1S/C15H12F8O5S/c16-7-8(17)10(19)12(11(20)9(7)18)29(24,25)28-13(15(21,22)23)6-2-1-3-14(6)26-4-5-27-14/h6,13H,1-5H2. The molecule has 14 heteroatoms. The lowest BCUT2D eigenvalue weighted by molar-refractivity contribution is -0.262. The van der Waals surface area contributed by atoms with Crippen LogP contribution in [-0.2, 0) is 23.8 Å². The van der Waals surface area contributed by atoms with E-state index in [2.05, 4.69) is 4.18 Å². The summed E-state index contributed by atoms with van der Waals surface area (Å²) in [5.41, 5.74) is 0. The third-order valence-electron chi connectivity index (χ3n) is 4.72. The molecule has 1 aromatic rings. The van der Waals surface area contributed by atoms with Gasteiger partial charge in [-0.25, -0.2) is 22.0 Å². The van der Waals surface area contributed by atoms with Crippen LogP contribution in [0.5, 0.6) is 0 Å². The molecule has 1 saturated carbocycles. The second-order valence-corrected chi connectivity index (χ2v) is 7.93. The van der Waals surface area contributed by atoms with Gasteiger partial charge in [-0.2, -0.15) is 21.6 Å². The molecule has 0 N–H and O–H groups in total. The van der Waals surface area contributed by atoms with Crippen LogP contribution in [0.1, 0.15) is 19.3 Å². The van der Waals surface area contributed by atoms with Crippen LogP contribution in [0.2, 0.25) is 0 Å². The quantitative estimate of drug-likeness (QED) is 0.300. The van der Waals surface area contributed by atoms with E-state index in [1.54, 1.807) is 0 Å². The summed E-state index contributed by atoms with van der Waals surface area (Å²) in [5.74, 6) is -17.2. The van der Waals surface area contributed by atoms with Gasteiger partial charge in [0.15, 0.2) is 40.1 Å². The second-order valence-electron chi connectivity index (χ2n) is 6.42. The highest BCUT2D eigenvalue weighted by atomic mass is 32.2. The maximum atomic E-state index is 13.8. The summed E-state index contributed by atoms with van der Waals surface area (Å²) in [4.78, 5) is -2.51. The number of rotatable bonds is 4. The highest BCUT2D eigenvalue weighted by molar-refractivity contribution is 7.86. The van der Waals surface area contributed by atoms with Gasteiger partial charge >= 0.3 is 16.3 Å². The van der Waals surface area contributed by atoms with Crippen molar-refractivity contribution in [1.29, 1.82) is 0 Å². The first-order valence-corrected chi connectivity index (χ1v) is 9.52. The van der Waals surface area contributed by atoms with Crippen LogP contribution in [0.4, 0.5) is 35.1 Å². The molecule has 29 heavy (non-hydrogen) atoms. The Bertz CT molecular complexity index is 876. The molecule has 2 atom stereocenters. The minimum absolute atomic E-state index is 0.0316. The summed E-state index contributed by atoms with van der Waals surface area (Å²) < 4.78 is 147. The van der Waals surface area contributed by atoms with Crippen LogP contribution < -0.4 is 0 Å². The molecule has 5 nitrogen and oxygen atoms in total. The molecule has 0 amide bonds. The number of hydrogen-bond donors (Lipinski definition) is 0. The lowest BCUT2D eigenvalue weighted by atomic mass is 9.95. The number of benzene rings is 1. The van der Waals surface area contributed by atoms with E-state index in [0.717, 1.165) is 0 Å². The smallest absolute Gasteiger partial charge is 0.347 e. The monoisotopic (exact) mass is 456 g/mol. The Morgan fingerprint density at radius 2 is 1.41 bits per heavy atom. The van der Waals surface area contributed by atoms with Crippen LogP contribution in [-0.4, -0.2) is 39.7 Å². The highest BCUT2D eigenvalue weighted by Gasteiger charge is 2.60. The second kappa shape index (κ2) is 7.32. The summed E-state index contributed by atoms with van der Waals surface area (Å²) in [7, 11) is -6.08. The van der Waals surface area contributed by atoms with E-state index in [1.165, 1.54) is 0 Å². The minimum atomic E-state index is -6.08. The molecule has 1 saturated heterocycles. The average Bonchev–Trinajstić information content (AvgIpc) is 3.25. The van der Waals surface area contributed by atoms with Crippen LogP contribution in [0, 0.1) is 35.0 Å². The zero-order valence-electron chi connectivity index (χ0n) is 14.2. The summed E-state index contributed by atoms with van der Waals surface area (Å²) >= 11 is 0. The van der Waals surface area contributed by atoms with Crippen molar-refractivity contribution in [3.63, 3.8) is 0 Å². The first-order chi connectivity index (χ1) is 13.3. The van der Waals surface area contributed by atoms with Crippen LogP contribution >= 0.6 is 0 Å². The van der Waals surface area contributed by atoms with Gasteiger partial charge in [0, 0.05) is 12.3 Å². The largest absolute Gasteiger partial charge is 0.416 e. The Kier molecular flexibility index (Phi) is 5.60. The number of hydrogen-bond acceptors (Lipinski definition) is 5. The van der Waals surface area contributed by atoms with Gasteiger partial charge in [0.05, 0.1) is 13.2 Å². The average molecular weight is 456 g/mol. The van der Waals surface area contributed by atoms with Crippen LogP contribution in [0.3, 0.4) is 0 Å². The van der Waals surface area contributed by atoms with Crippen LogP contribution in [0.15, 0.2) is 4.90 Å². The lowest BCUT2D eigenvalue weighted by Crippen LogP contribution is -2.49.